The second-order valence-electron chi connectivity index (χ2n) is 5.86. The molecular formula is C17H24ClN2O3+. The monoisotopic (exact) mass is 339 g/mol. The quantitative estimate of drug-likeness (QED) is 0.754. The lowest BCUT2D eigenvalue weighted by Gasteiger charge is -2.27. The summed E-state index contributed by atoms with van der Waals surface area (Å²) < 4.78 is 5.06. The van der Waals surface area contributed by atoms with Crippen LogP contribution in [0.25, 0.3) is 0 Å². The van der Waals surface area contributed by atoms with Crippen LogP contribution < -0.4 is 10.2 Å². The lowest BCUT2D eigenvalue weighted by molar-refractivity contribution is -0.897. The van der Waals surface area contributed by atoms with Crippen molar-refractivity contribution in [3.63, 3.8) is 0 Å². The van der Waals surface area contributed by atoms with Crippen LogP contribution in [0, 0.1) is 5.92 Å². The first-order valence-electron chi connectivity index (χ1n) is 8.09. The lowest BCUT2D eigenvalue weighted by atomic mass is 9.97. The largest absolute Gasteiger partial charge is 0.466 e. The Morgan fingerprint density at radius 1 is 1.35 bits per heavy atom. The summed E-state index contributed by atoms with van der Waals surface area (Å²) in [6.07, 6.45) is 1.57. The zero-order chi connectivity index (χ0) is 16.7. The van der Waals surface area contributed by atoms with Gasteiger partial charge < -0.3 is 15.0 Å². The number of halogens is 1. The summed E-state index contributed by atoms with van der Waals surface area (Å²) in [6.45, 7) is 4.83. The molecule has 1 aromatic rings. The number of carbonyl (C=O) groups excluding carboxylic acids is 2. The molecule has 1 aliphatic rings. The van der Waals surface area contributed by atoms with E-state index in [2.05, 4.69) is 5.32 Å². The minimum atomic E-state index is -0.100. The van der Waals surface area contributed by atoms with E-state index in [-0.39, 0.29) is 17.8 Å². The summed E-state index contributed by atoms with van der Waals surface area (Å²) in [4.78, 5) is 24.9. The summed E-state index contributed by atoms with van der Waals surface area (Å²) in [5.41, 5.74) is 0.988. The topological polar surface area (TPSA) is 59.8 Å². The first-order chi connectivity index (χ1) is 11.1. The molecule has 5 nitrogen and oxygen atoms in total. The summed E-state index contributed by atoms with van der Waals surface area (Å²) in [7, 11) is 0. The van der Waals surface area contributed by atoms with E-state index in [9.17, 15) is 9.59 Å². The number of likely N-dealkylation sites (tertiary alicyclic amines) is 1. The Morgan fingerprint density at radius 3 is 2.74 bits per heavy atom. The van der Waals surface area contributed by atoms with E-state index in [0.29, 0.717) is 24.7 Å². The van der Waals surface area contributed by atoms with Gasteiger partial charge in [-0.1, -0.05) is 23.7 Å². The maximum atomic E-state index is 12.0. The Bertz CT molecular complexity index is 542. The summed E-state index contributed by atoms with van der Waals surface area (Å²) in [5, 5.41) is 3.59. The second-order valence-corrected chi connectivity index (χ2v) is 6.30. The maximum Gasteiger partial charge on any atom is 0.309 e. The number of nitrogens with one attached hydrogen (secondary N) is 2. The predicted molar refractivity (Wildman–Crippen MR) is 88.2 cm³/mol. The number of esters is 1. The van der Waals surface area contributed by atoms with E-state index in [1.165, 1.54) is 4.90 Å². The van der Waals surface area contributed by atoms with Crippen LogP contribution in [0.3, 0.4) is 0 Å². The number of benzene rings is 1. The molecule has 1 heterocycles. The van der Waals surface area contributed by atoms with Gasteiger partial charge in [-0.15, -0.1) is 0 Å². The fraction of sp³-hybridized carbons (Fsp3) is 0.529. The molecular weight excluding hydrogens is 316 g/mol. The third kappa shape index (κ3) is 5.84. The Kier molecular flexibility index (Phi) is 6.86. The van der Waals surface area contributed by atoms with Gasteiger partial charge in [0.15, 0.2) is 6.54 Å². The minimum absolute atomic E-state index is 0.00628. The van der Waals surface area contributed by atoms with Gasteiger partial charge in [0.05, 0.1) is 25.6 Å². The van der Waals surface area contributed by atoms with Gasteiger partial charge >= 0.3 is 5.97 Å². The molecule has 2 rings (SSSR count). The van der Waals surface area contributed by atoms with Crippen LogP contribution in [0.5, 0.6) is 0 Å². The van der Waals surface area contributed by atoms with Crippen molar-refractivity contribution in [2.24, 2.45) is 5.92 Å². The van der Waals surface area contributed by atoms with Crippen LogP contribution in [0.2, 0.25) is 5.02 Å². The van der Waals surface area contributed by atoms with E-state index in [1.54, 1.807) is 0 Å². The highest BCUT2D eigenvalue weighted by Crippen LogP contribution is 2.11. The number of amides is 1. The van der Waals surface area contributed by atoms with Crippen LogP contribution in [0.15, 0.2) is 24.3 Å². The van der Waals surface area contributed by atoms with E-state index in [0.717, 1.165) is 31.5 Å². The van der Waals surface area contributed by atoms with Gasteiger partial charge in [0, 0.05) is 24.4 Å². The van der Waals surface area contributed by atoms with Gasteiger partial charge in [-0.3, -0.25) is 9.59 Å². The molecule has 0 spiro atoms. The summed E-state index contributed by atoms with van der Waals surface area (Å²) in [5.74, 6) is -0.0836. The zero-order valence-corrected chi connectivity index (χ0v) is 14.2. The fourth-order valence-electron chi connectivity index (χ4n) is 2.84. The van der Waals surface area contributed by atoms with Gasteiger partial charge in [0.25, 0.3) is 5.91 Å². The van der Waals surface area contributed by atoms with Crippen LogP contribution in [-0.4, -0.2) is 38.1 Å². The molecule has 0 bridgehead atoms. The second kappa shape index (κ2) is 8.89. The first-order valence-corrected chi connectivity index (χ1v) is 8.47. The Morgan fingerprint density at radius 2 is 2.09 bits per heavy atom. The van der Waals surface area contributed by atoms with Crippen LogP contribution in [0.4, 0.5) is 0 Å². The van der Waals surface area contributed by atoms with E-state index in [1.807, 2.05) is 31.2 Å². The highest BCUT2D eigenvalue weighted by Gasteiger charge is 2.29. The SMILES string of the molecule is CCOC(=O)C1CC[NH+](CC(=O)NCc2cccc(Cl)c2)CC1. The third-order valence-electron chi connectivity index (χ3n) is 4.10. The summed E-state index contributed by atoms with van der Waals surface area (Å²) >= 11 is 5.92. The van der Waals surface area contributed by atoms with Crippen molar-refractivity contribution < 1.29 is 19.2 Å². The van der Waals surface area contributed by atoms with E-state index >= 15 is 0 Å². The van der Waals surface area contributed by atoms with E-state index < -0.39 is 0 Å². The smallest absolute Gasteiger partial charge is 0.309 e. The molecule has 0 aliphatic carbocycles. The van der Waals surface area contributed by atoms with Crippen molar-refractivity contribution >= 4 is 23.5 Å². The van der Waals surface area contributed by atoms with Crippen molar-refractivity contribution in [1.82, 2.24) is 5.32 Å². The molecule has 0 unspecified atom stereocenters. The van der Waals surface area contributed by atoms with E-state index in [4.69, 9.17) is 16.3 Å². The van der Waals surface area contributed by atoms with Crippen molar-refractivity contribution in [1.29, 1.82) is 0 Å². The molecule has 0 saturated carbocycles. The number of rotatable bonds is 6. The molecule has 1 aliphatic heterocycles. The average molecular weight is 340 g/mol. The fourth-order valence-corrected chi connectivity index (χ4v) is 3.05. The minimum Gasteiger partial charge on any atom is -0.466 e. The van der Waals surface area contributed by atoms with Crippen molar-refractivity contribution in [2.45, 2.75) is 26.3 Å². The molecule has 1 saturated heterocycles. The molecule has 1 aromatic carbocycles. The van der Waals surface area contributed by atoms with Crippen molar-refractivity contribution in [2.75, 3.05) is 26.2 Å². The molecule has 23 heavy (non-hydrogen) atoms. The van der Waals surface area contributed by atoms with Gasteiger partial charge in [0.1, 0.15) is 0 Å². The van der Waals surface area contributed by atoms with Crippen molar-refractivity contribution in [3.8, 4) is 0 Å². The zero-order valence-electron chi connectivity index (χ0n) is 13.4. The number of ether oxygens (including phenoxy) is 1. The van der Waals surface area contributed by atoms with Gasteiger partial charge in [-0.2, -0.15) is 0 Å². The standard InChI is InChI=1S/C17H23ClN2O3/c1-2-23-17(22)14-6-8-20(9-7-14)12-16(21)19-11-13-4-3-5-15(18)10-13/h3-5,10,14H,2,6-9,11-12H2,1H3,(H,19,21)/p+1. The third-order valence-corrected chi connectivity index (χ3v) is 4.34. The number of hydrogen-bond donors (Lipinski definition) is 2. The van der Waals surface area contributed by atoms with Gasteiger partial charge in [0.2, 0.25) is 0 Å². The van der Waals surface area contributed by atoms with Crippen LogP contribution in [0.1, 0.15) is 25.3 Å². The van der Waals surface area contributed by atoms with Gasteiger partial charge in [-0.05, 0) is 24.6 Å². The number of carbonyl (C=O) groups is 2. The van der Waals surface area contributed by atoms with Crippen molar-refractivity contribution in [3.05, 3.63) is 34.9 Å². The van der Waals surface area contributed by atoms with Crippen LogP contribution >= 0.6 is 11.6 Å². The molecule has 6 heteroatoms. The molecule has 1 fully saturated rings. The molecule has 126 valence electrons. The highest BCUT2D eigenvalue weighted by molar-refractivity contribution is 6.30. The average Bonchev–Trinajstić information content (AvgIpc) is 2.54. The highest BCUT2D eigenvalue weighted by atomic mass is 35.5. The molecule has 1 amide bonds. The first kappa shape index (κ1) is 17.8. The summed E-state index contributed by atoms with van der Waals surface area (Å²) in [6, 6.07) is 7.46. The molecule has 0 aromatic heterocycles. The number of hydrogen-bond acceptors (Lipinski definition) is 3. The number of piperidine rings is 1. The molecule has 0 radical (unpaired) electrons. The van der Waals surface area contributed by atoms with Gasteiger partial charge in [-0.25, -0.2) is 0 Å². The molecule has 0 atom stereocenters. The lowest BCUT2D eigenvalue weighted by Crippen LogP contribution is -3.14. The Balaban J connectivity index is 1.69. The normalized spacial score (nSPS) is 20.8. The number of quaternary nitrogens is 1. The predicted octanol–water partition coefficient (Wildman–Crippen LogP) is 0.814. The maximum absolute atomic E-state index is 12.0. The molecule has 2 N–H and O–H groups in total. The van der Waals surface area contributed by atoms with Crippen LogP contribution in [-0.2, 0) is 20.9 Å². The Labute approximate surface area is 141 Å². The Hall–Kier alpha value is -1.59.